The van der Waals surface area contributed by atoms with Crippen LogP contribution in [0, 0.1) is 6.92 Å². The molecular formula is C15H20N4. The van der Waals surface area contributed by atoms with Crippen LogP contribution in [0.5, 0.6) is 0 Å². The lowest BCUT2D eigenvalue weighted by Crippen LogP contribution is -2.53. The molecule has 4 nitrogen and oxygen atoms in total. The summed E-state index contributed by atoms with van der Waals surface area (Å²) >= 11 is 0. The summed E-state index contributed by atoms with van der Waals surface area (Å²) in [4.78, 5) is 12.8. The normalized spacial score (nSPS) is 22.3. The Morgan fingerprint density at radius 2 is 2.16 bits per heavy atom. The maximum atomic E-state index is 4.47. The van der Waals surface area contributed by atoms with Crippen LogP contribution in [0.15, 0.2) is 18.5 Å². The smallest absolute Gasteiger partial charge is 0.139 e. The number of anilines is 1. The fraction of sp³-hybridized carbons (Fsp3) is 0.533. The number of fused-ring (bicyclic) bond motifs is 1. The van der Waals surface area contributed by atoms with Crippen LogP contribution in [0.4, 0.5) is 5.69 Å². The van der Waals surface area contributed by atoms with Crippen LogP contribution < -0.4 is 4.90 Å². The van der Waals surface area contributed by atoms with E-state index in [1.807, 2.05) is 12.4 Å². The monoisotopic (exact) mass is 256 g/mol. The summed E-state index contributed by atoms with van der Waals surface area (Å²) in [6.07, 6.45) is 6.68. The molecule has 0 unspecified atom stereocenters. The van der Waals surface area contributed by atoms with Crippen molar-refractivity contribution in [3.05, 3.63) is 24.0 Å². The van der Waals surface area contributed by atoms with Gasteiger partial charge in [0.05, 0.1) is 5.69 Å². The number of rotatable bonds is 1. The lowest BCUT2D eigenvalue weighted by Gasteiger charge is -2.42. The zero-order chi connectivity index (χ0) is 13.0. The van der Waals surface area contributed by atoms with Gasteiger partial charge in [0, 0.05) is 43.0 Å². The van der Waals surface area contributed by atoms with E-state index in [0.29, 0.717) is 5.54 Å². The number of hydrogen-bond acceptors (Lipinski definition) is 3. The molecule has 2 fully saturated rings. The van der Waals surface area contributed by atoms with E-state index in [9.17, 15) is 0 Å². The fourth-order valence-electron chi connectivity index (χ4n) is 3.45. The molecule has 2 aromatic rings. The molecule has 100 valence electrons. The van der Waals surface area contributed by atoms with E-state index in [1.165, 1.54) is 29.5 Å². The van der Waals surface area contributed by atoms with Crippen molar-refractivity contribution in [1.82, 2.24) is 14.9 Å². The van der Waals surface area contributed by atoms with E-state index in [-0.39, 0.29) is 0 Å². The molecule has 0 aromatic carbocycles. The number of aromatic amines is 1. The lowest BCUT2D eigenvalue weighted by molar-refractivity contribution is 0.199. The van der Waals surface area contributed by atoms with E-state index in [4.69, 9.17) is 0 Å². The van der Waals surface area contributed by atoms with Gasteiger partial charge in [-0.2, -0.15) is 0 Å². The highest BCUT2D eigenvalue weighted by Gasteiger charge is 2.49. The number of aromatic nitrogens is 2. The maximum absolute atomic E-state index is 4.47. The molecule has 1 N–H and O–H groups in total. The highest BCUT2D eigenvalue weighted by molar-refractivity contribution is 5.91. The first-order chi connectivity index (χ1) is 9.20. The van der Waals surface area contributed by atoms with E-state index in [0.717, 1.165) is 25.3 Å². The third-order valence-electron chi connectivity index (χ3n) is 4.88. The second-order valence-electron chi connectivity index (χ2n) is 6.10. The third kappa shape index (κ3) is 1.59. The van der Waals surface area contributed by atoms with Gasteiger partial charge >= 0.3 is 0 Å². The molecule has 1 spiro atoms. The van der Waals surface area contributed by atoms with Crippen LogP contribution >= 0.6 is 0 Å². The molecule has 0 radical (unpaired) electrons. The van der Waals surface area contributed by atoms with Gasteiger partial charge in [-0.3, -0.25) is 4.90 Å². The number of hydrogen-bond donors (Lipinski definition) is 1. The zero-order valence-electron chi connectivity index (χ0n) is 11.6. The van der Waals surface area contributed by atoms with Crippen LogP contribution in [-0.4, -0.2) is 47.1 Å². The molecule has 0 amide bonds. The maximum Gasteiger partial charge on any atom is 0.139 e. The Hall–Kier alpha value is -1.55. The van der Waals surface area contributed by atoms with Gasteiger partial charge in [0.25, 0.3) is 0 Å². The molecule has 3 heterocycles. The molecule has 2 aromatic heterocycles. The molecule has 4 heteroatoms. The van der Waals surface area contributed by atoms with Crippen LogP contribution in [0.3, 0.4) is 0 Å². The summed E-state index contributed by atoms with van der Waals surface area (Å²) < 4.78 is 0. The van der Waals surface area contributed by atoms with Gasteiger partial charge in [-0.15, -0.1) is 0 Å². The molecule has 1 aliphatic heterocycles. The first-order valence-corrected chi connectivity index (χ1v) is 7.08. The lowest BCUT2D eigenvalue weighted by atomic mass is 10.1. The summed E-state index contributed by atoms with van der Waals surface area (Å²) in [7, 11) is 2.27. The van der Waals surface area contributed by atoms with Gasteiger partial charge in [0.2, 0.25) is 0 Å². The highest BCUT2D eigenvalue weighted by Crippen LogP contribution is 2.45. The van der Waals surface area contributed by atoms with Crippen LogP contribution in [-0.2, 0) is 0 Å². The SMILES string of the molecule is Cc1cnc2[nH]ccc2c1N1CCN(C)C2(CC2)C1. The summed E-state index contributed by atoms with van der Waals surface area (Å²) in [6.45, 7) is 5.61. The van der Waals surface area contributed by atoms with Crippen molar-refractivity contribution >= 4 is 16.7 Å². The van der Waals surface area contributed by atoms with Crippen molar-refractivity contribution in [3.63, 3.8) is 0 Å². The Balaban J connectivity index is 1.78. The van der Waals surface area contributed by atoms with E-state index in [1.54, 1.807) is 0 Å². The molecule has 0 atom stereocenters. The van der Waals surface area contributed by atoms with Crippen LogP contribution in [0.25, 0.3) is 11.0 Å². The predicted molar refractivity (Wildman–Crippen MR) is 77.6 cm³/mol. The molecule has 1 aliphatic carbocycles. The van der Waals surface area contributed by atoms with Crippen molar-refractivity contribution in [1.29, 1.82) is 0 Å². The number of H-pyrrole nitrogens is 1. The quantitative estimate of drug-likeness (QED) is 0.849. The van der Waals surface area contributed by atoms with Gasteiger partial charge in [0.15, 0.2) is 0 Å². The van der Waals surface area contributed by atoms with Gasteiger partial charge in [-0.1, -0.05) is 0 Å². The second-order valence-corrected chi connectivity index (χ2v) is 6.10. The number of nitrogens with zero attached hydrogens (tertiary/aromatic N) is 3. The highest BCUT2D eigenvalue weighted by atomic mass is 15.3. The van der Waals surface area contributed by atoms with E-state index >= 15 is 0 Å². The Morgan fingerprint density at radius 1 is 1.32 bits per heavy atom. The minimum Gasteiger partial charge on any atom is -0.368 e. The Kier molecular flexibility index (Phi) is 2.22. The second kappa shape index (κ2) is 3.73. The summed E-state index contributed by atoms with van der Waals surface area (Å²) in [5.74, 6) is 0. The Labute approximate surface area is 113 Å². The molecule has 0 bridgehead atoms. The number of likely N-dealkylation sites (N-methyl/N-ethyl adjacent to an activating group) is 1. The first kappa shape index (κ1) is 11.3. The van der Waals surface area contributed by atoms with Crippen molar-refractivity contribution in [2.24, 2.45) is 0 Å². The molecule has 4 rings (SSSR count). The number of nitrogens with one attached hydrogen (secondary N) is 1. The average molecular weight is 256 g/mol. The predicted octanol–water partition coefficient (Wildman–Crippen LogP) is 2.16. The van der Waals surface area contributed by atoms with Gasteiger partial charge < -0.3 is 9.88 Å². The Morgan fingerprint density at radius 3 is 2.95 bits per heavy atom. The standard InChI is InChI=1S/C15H20N4/c1-11-9-17-14-12(3-6-16-14)13(11)19-8-7-18(2)15(10-19)4-5-15/h3,6,9H,4-5,7-8,10H2,1-2H3,(H,16,17). The number of pyridine rings is 1. The van der Waals surface area contributed by atoms with Gasteiger partial charge in [-0.05, 0) is 38.4 Å². The summed E-state index contributed by atoms with van der Waals surface area (Å²) in [5, 5.41) is 1.26. The van der Waals surface area contributed by atoms with E-state index < -0.39 is 0 Å². The van der Waals surface area contributed by atoms with Crippen molar-refractivity contribution in [2.45, 2.75) is 25.3 Å². The van der Waals surface area contributed by atoms with Gasteiger partial charge in [0.1, 0.15) is 5.65 Å². The first-order valence-electron chi connectivity index (χ1n) is 7.08. The number of piperazine rings is 1. The molecule has 19 heavy (non-hydrogen) atoms. The largest absolute Gasteiger partial charge is 0.368 e. The summed E-state index contributed by atoms with van der Waals surface area (Å²) in [6, 6.07) is 2.16. The molecule has 2 aliphatic rings. The molecule has 1 saturated heterocycles. The van der Waals surface area contributed by atoms with Crippen LogP contribution in [0.1, 0.15) is 18.4 Å². The van der Waals surface area contributed by atoms with Crippen LogP contribution in [0.2, 0.25) is 0 Å². The van der Waals surface area contributed by atoms with Crippen molar-refractivity contribution in [3.8, 4) is 0 Å². The molecular weight excluding hydrogens is 236 g/mol. The zero-order valence-corrected chi connectivity index (χ0v) is 11.6. The fourth-order valence-corrected chi connectivity index (χ4v) is 3.45. The minimum atomic E-state index is 0.455. The third-order valence-corrected chi connectivity index (χ3v) is 4.88. The average Bonchev–Trinajstić information content (AvgIpc) is 3.00. The van der Waals surface area contributed by atoms with Crippen molar-refractivity contribution in [2.75, 3.05) is 31.6 Å². The molecule has 1 saturated carbocycles. The van der Waals surface area contributed by atoms with Gasteiger partial charge in [-0.25, -0.2) is 4.98 Å². The van der Waals surface area contributed by atoms with Crippen molar-refractivity contribution < 1.29 is 0 Å². The minimum absolute atomic E-state index is 0.455. The summed E-state index contributed by atoms with van der Waals surface area (Å²) in [5.41, 5.74) is 4.12. The topological polar surface area (TPSA) is 35.2 Å². The number of aryl methyl sites for hydroxylation is 1. The van der Waals surface area contributed by atoms with E-state index in [2.05, 4.69) is 39.8 Å². The Bertz CT molecular complexity index is 626.